The van der Waals surface area contributed by atoms with Crippen LogP contribution < -0.4 is 9.80 Å². The molecule has 33 heavy (non-hydrogen) atoms. The lowest BCUT2D eigenvalue weighted by molar-refractivity contribution is -0.123. The number of aryl methyl sites for hydroxylation is 1. The van der Waals surface area contributed by atoms with Crippen molar-refractivity contribution in [3.8, 4) is 0 Å². The number of amides is 1. The Labute approximate surface area is 195 Å². The second-order valence-electron chi connectivity index (χ2n) is 9.59. The standard InChI is InChI=1S/C27H32N4O2/c32-27(21-11-17-33-19-21)31-22(9-8-20-4-1-2-6-25(20)31)18-29-13-15-30(16-14-29)26-7-3-5-24-23(26)10-12-28-24/h1-7,10,12,21-22,28H,8-9,11,13-19H2. The summed E-state index contributed by atoms with van der Waals surface area (Å²) in [6.45, 7) is 6.27. The minimum atomic E-state index is -0.00246. The number of anilines is 2. The maximum absolute atomic E-state index is 13.6. The first-order valence-corrected chi connectivity index (χ1v) is 12.3. The van der Waals surface area contributed by atoms with Gasteiger partial charge in [-0.05, 0) is 49.1 Å². The van der Waals surface area contributed by atoms with E-state index in [2.05, 4.69) is 68.2 Å². The monoisotopic (exact) mass is 444 g/mol. The van der Waals surface area contributed by atoms with Crippen LogP contribution in [0.3, 0.4) is 0 Å². The molecule has 1 amide bonds. The van der Waals surface area contributed by atoms with Gasteiger partial charge in [0.05, 0.1) is 12.5 Å². The van der Waals surface area contributed by atoms with Crippen molar-refractivity contribution in [3.63, 3.8) is 0 Å². The predicted molar refractivity (Wildman–Crippen MR) is 132 cm³/mol. The summed E-state index contributed by atoms with van der Waals surface area (Å²) in [5.74, 6) is 0.250. The van der Waals surface area contributed by atoms with Crippen LogP contribution in [0.15, 0.2) is 54.7 Å². The van der Waals surface area contributed by atoms with Crippen molar-refractivity contribution in [2.45, 2.75) is 25.3 Å². The summed E-state index contributed by atoms with van der Waals surface area (Å²) in [6.07, 6.45) is 4.93. The van der Waals surface area contributed by atoms with Crippen LogP contribution in [0.1, 0.15) is 18.4 Å². The number of hydrogen-bond donors (Lipinski definition) is 1. The van der Waals surface area contributed by atoms with Crippen LogP contribution >= 0.6 is 0 Å². The first-order valence-electron chi connectivity index (χ1n) is 12.3. The molecule has 2 saturated heterocycles. The summed E-state index contributed by atoms with van der Waals surface area (Å²) in [4.78, 5) is 24.1. The van der Waals surface area contributed by atoms with Crippen LogP contribution in [0.25, 0.3) is 10.9 Å². The molecule has 1 N–H and O–H groups in total. The van der Waals surface area contributed by atoms with Crippen LogP contribution in [0, 0.1) is 5.92 Å². The Morgan fingerprint density at radius 1 is 0.970 bits per heavy atom. The molecule has 2 aromatic carbocycles. The van der Waals surface area contributed by atoms with E-state index < -0.39 is 0 Å². The van der Waals surface area contributed by atoms with Crippen molar-refractivity contribution < 1.29 is 9.53 Å². The first-order chi connectivity index (χ1) is 16.3. The molecule has 4 heterocycles. The van der Waals surface area contributed by atoms with E-state index in [1.54, 1.807) is 0 Å². The van der Waals surface area contributed by atoms with E-state index in [1.807, 2.05) is 6.20 Å². The molecule has 6 rings (SSSR count). The Bertz CT molecular complexity index is 1130. The summed E-state index contributed by atoms with van der Waals surface area (Å²) in [7, 11) is 0. The molecule has 0 spiro atoms. The molecule has 2 fully saturated rings. The lowest BCUT2D eigenvalue weighted by Gasteiger charge is -2.43. The third kappa shape index (κ3) is 3.91. The number of nitrogens with one attached hydrogen (secondary N) is 1. The fraction of sp³-hybridized carbons (Fsp3) is 0.444. The number of para-hydroxylation sites is 1. The van der Waals surface area contributed by atoms with Crippen molar-refractivity contribution in [2.24, 2.45) is 5.92 Å². The zero-order chi connectivity index (χ0) is 22.2. The number of carbonyl (C=O) groups excluding carboxylic acids is 1. The van der Waals surface area contributed by atoms with Crippen LogP contribution in [0.2, 0.25) is 0 Å². The number of fused-ring (bicyclic) bond motifs is 2. The quantitative estimate of drug-likeness (QED) is 0.667. The van der Waals surface area contributed by atoms with E-state index >= 15 is 0 Å². The first kappa shape index (κ1) is 20.8. The normalized spacial score (nSPS) is 23.8. The highest BCUT2D eigenvalue weighted by Crippen LogP contribution is 2.34. The maximum atomic E-state index is 13.6. The van der Waals surface area contributed by atoms with Crippen LogP contribution in [0.5, 0.6) is 0 Å². The van der Waals surface area contributed by atoms with Crippen molar-refractivity contribution >= 4 is 28.2 Å². The summed E-state index contributed by atoms with van der Waals surface area (Å²) in [5.41, 5.74) is 4.92. The van der Waals surface area contributed by atoms with Gasteiger partial charge in [-0.1, -0.05) is 24.3 Å². The number of aromatic nitrogens is 1. The third-order valence-corrected chi connectivity index (χ3v) is 7.63. The second-order valence-corrected chi connectivity index (χ2v) is 9.59. The minimum Gasteiger partial charge on any atom is -0.381 e. The fourth-order valence-electron chi connectivity index (χ4n) is 5.82. The highest BCUT2D eigenvalue weighted by atomic mass is 16.5. The van der Waals surface area contributed by atoms with Gasteiger partial charge in [-0.25, -0.2) is 0 Å². The minimum absolute atomic E-state index is 0.00246. The molecule has 1 aromatic heterocycles. The Morgan fingerprint density at radius 2 is 1.82 bits per heavy atom. The summed E-state index contributed by atoms with van der Waals surface area (Å²) < 4.78 is 5.56. The van der Waals surface area contributed by atoms with Crippen LogP contribution in [-0.4, -0.2) is 67.8 Å². The molecule has 2 atom stereocenters. The van der Waals surface area contributed by atoms with E-state index in [1.165, 1.54) is 22.2 Å². The zero-order valence-corrected chi connectivity index (χ0v) is 19.1. The number of hydrogen-bond acceptors (Lipinski definition) is 4. The summed E-state index contributed by atoms with van der Waals surface area (Å²) in [6, 6.07) is 17.4. The smallest absolute Gasteiger partial charge is 0.232 e. The molecule has 0 radical (unpaired) electrons. The zero-order valence-electron chi connectivity index (χ0n) is 19.1. The number of nitrogens with zero attached hydrogens (tertiary/aromatic N) is 3. The van der Waals surface area contributed by atoms with Gasteiger partial charge in [-0.3, -0.25) is 9.69 Å². The van der Waals surface area contributed by atoms with Gasteiger partial charge in [-0.2, -0.15) is 0 Å². The van der Waals surface area contributed by atoms with Gasteiger partial charge in [0.25, 0.3) is 0 Å². The van der Waals surface area contributed by atoms with Gasteiger partial charge in [-0.15, -0.1) is 0 Å². The Morgan fingerprint density at radius 3 is 2.67 bits per heavy atom. The third-order valence-electron chi connectivity index (χ3n) is 7.63. The molecule has 3 aliphatic rings. The molecule has 0 bridgehead atoms. The largest absolute Gasteiger partial charge is 0.381 e. The van der Waals surface area contributed by atoms with Gasteiger partial charge in [0.15, 0.2) is 0 Å². The summed E-state index contributed by atoms with van der Waals surface area (Å²) in [5, 5.41) is 1.30. The lowest BCUT2D eigenvalue weighted by Crippen LogP contribution is -2.55. The molecular formula is C27H32N4O2. The average Bonchev–Trinajstić information content (AvgIpc) is 3.56. The Kier molecular flexibility index (Phi) is 5.56. The van der Waals surface area contributed by atoms with Crippen molar-refractivity contribution in [2.75, 3.05) is 55.7 Å². The number of benzene rings is 2. The van der Waals surface area contributed by atoms with Crippen molar-refractivity contribution in [3.05, 3.63) is 60.3 Å². The number of piperazine rings is 1. The maximum Gasteiger partial charge on any atom is 0.232 e. The molecule has 0 saturated carbocycles. The van der Waals surface area contributed by atoms with E-state index in [9.17, 15) is 4.79 Å². The summed E-state index contributed by atoms with van der Waals surface area (Å²) >= 11 is 0. The second kappa shape index (κ2) is 8.84. The molecule has 6 nitrogen and oxygen atoms in total. The molecule has 3 aromatic rings. The van der Waals surface area contributed by atoms with E-state index in [-0.39, 0.29) is 17.9 Å². The molecule has 6 heteroatoms. The topological polar surface area (TPSA) is 51.8 Å². The highest BCUT2D eigenvalue weighted by Gasteiger charge is 2.37. The predicted octanol–water partition coefficient (Wildman–Crippen LogP) is 3.67. The Balaban J connectivity index is 1.17. The number of rotatable bonds is 4. The Hall–Kier alpha value is -2.83. The number of carbonyl (C=O) groups is 1. The van der Waals surface area contributed by atoms with E-state index in [0.717, 1.165) is 57.7 Å². The molecular weight excluding hydrogens is 412 g/mol. The molecule has 172 valence electrons. The van der Waals surface area contributed by atoms with Crippen molar-refractivity contribution in [1.82, 2.24) is 9.88 Å². The molecule has 0 aliphatic carbocycles. The SMILES string of the molecule is O=C(C1CCOC1)N1c2ccccc2CCC1CN1CCN(c2cccc3[nH]ccc23)CC1. The molecule has 2 unspecified atom stereocenters. The van der Waals surface area contributed by atoms with Gasteiger partial charge >= 0.3 is 0 Å². The fourth-order valence-corrected chi connectivity index (χ4v) is 5.82. The van der Waals surface area contributed by atoms with Gasteiger partial charge in [0, 0.05) is 73.8 Å². The number of aromatic amines is 1. The van der Waals surface area contributed by atoms with E-state index in [0.29, 0.717) is 13.2 Å². The number of H-pyrrole nitrogens is 1. The average molecular weight is 445 g/mol. The van der Waals surface area contributed by atoms with Gasteiger partial charge < -0.3 is 19.5 Å². The number of ether oxygens (including phenoxy) is 1. The molecule has 3 aliphatic heterocycles. The van der Waals surface area contributed by atoms with Gasteiger partial charge in [0.1, 0.15) is 0 Å². The van der Waals surface area contributed by atoms with Crippen LogP contribution in [-0.2, 0) is 16.0 Å². The van der Waals surface area contributed by atoms with Crippen LogP contribution in [0.4, 0.5) is 11.4 Å². The van der Waals surface area contributed by atoms with E-state index in [4.69, 9.17) is 4.74 Å². The van der Waals surface area contributed by atoms with Crippen molar-refractivity contribution in [1.29, 1.82) is 0 Å². The lowest BCUT2D eigenvalue weighted by atomic mass is 9.93. The highest BCUT2D eigenvalue weighted by molar-refractivity contribution is 5.97. The van der Waals surface area contributed by atoms with Gasteiger partial charge in [0.2, 0.25) is 5.91 Å².